The number of aliphatic hydroxyl groups excluding tert-OH is 1. The van der Waals surface area contributed by atoms with Crippen molar-refractivity contribution in [3.05, 3.63) is 15.6 Å². The summed E-state index contributed by atoms with van der Waals surface area (Å²) in [4.78, 5) is 18.6. The van der Waals surface area contributed by atoms with Crippen LogP contribution in [0.5, 0.6) is 0 Å². The monoisotopic (exact) mass is 267 g/mol. The van der Waals surface area contributed by atoms with Gasteiger partial charge in [-0.05, 0) is 6.92 Å². The van der Waals surface area contributed by atoms with Crippen LogP contribution < -0.4 is 0 Å². The molecule has 0 spiro atoms. The van der Waals surface area contributed by atoms with Crippen molar-refractivity contribution in [2.24, 2.45) is 0 Å². The Morgan fingerprint density at radius 2 is 2.33 bits per heavy atom. The number of hydrogen-bond donors (Lipinski definition) is 1. The minimum atomic E-state index is -0.0572. The fourth-order valence-corrected chi connectivity index (χ4v) is 2.43. The Hall–Kier alpha value is -1.45. The zero-order valence-corrected chi connectivity index (χ0v) is 11.5. The molecule has 6 heteroatoms. The molecule has 0 unspecified atom stereocenters. The molecule has 0 aromatic carbocycles. The van der Waals surface area contributed by atoms with Gasteiger partial charge in [0.2, 0.25) is 5.91 Å². The van der Waals surface area contributed by atoms with Crippen LogP contribution in [0.2, 0.25) is 0 Å². The number of amides is 1. The molecular weight excluding hydrogens is 250 g/mol. The maximum Gasteiger partial charge on any atom is 0.222 e. The number of aryl methyl sites for hydroxylation is 2. The van der Waals surface area contributed by atoms with E-state index in [0.29, 0.717) is 31.5 Å². The van der Waals surface area contributed by atoms with Gasteiger partial charge in [-0.1, -0.05) is 0 Å². The van der Waals surface area contributed by atoms with E-state index in [1.54, 1.807) is 11.9 Å². The van der Waals surface area contributed by atoms with E-state index in [1.807, 2.05) is 13.0 Å². The minimum Gasteiger partial charge on any atom is -0.390 e. The summed E-state index contributed by atoms with van der Waals surface area (Å²) in [5.41, 5.74) is 0.695. The van der Waals surface area contributed by atoms with E-state index in [1.165, 1.54) is 11.3 Å². The van der Waals surface area contributed by atoms with Gasteiger partial charge in [0.1, 0.15) is 0 Å². The second-order valence-corrected chi connectivity index (χ2v) is 5.28. The molecule has 0 aliphatic carbocycles. The summed E-state index contributed by atoms with van der Waals surface area (Å²) < 4.78 is 0. The predicted molar refractivity (Wildman–Crippen MR) is 69.0 cm³/mol. The molecule has 0 radical (unpaired) electrons. The first-order chi connectivity index (χ1) is 8.58. The zero-order valence-electron chi connectivity index (χ0n) is 10.6. The molecule has 98 valence electrons. The first-order valence-corrected chi connectivity index (χ1v) is 6.57. The third kappa shape index (κ3) is 4.09. The fraction of sp³-hybridized carbons (Fsp3) is 0.583. The van der Waals surface area contributed by atoms with Gasteiger partial charge in [0.05, 0.1) is 29.8 Å². The van der Waals surface area contributed by atoms with Gasteiger partial charge in [0.15, 0.2) is 0 Å². The van der Waals surface area contributed by atoms with Crippen LogP contribution in [0.4, 0.5) is 0 Å². The van der Waals surface area contributed by atoms with Crippen LogP contribution in [0.25, 0.3) is 0 Å². The predicted octanol–water partition coefficient (Wildman–Crippen LogP) is 1.25. The first-order valence-electron chi connectivity index (χ1n) is 5.75. The SMILES string of the molecule is Cc1sc(CCC(=O)N(C)CCC#N)nc1CO. The third-order valence-electron chi connectivity index (χ3n) is 2.62. The smallest absolute Gasteiger partial charge is 0.222 e. The van der Waals surface area contributed by atoms with Crippen molar-refractivity contribution in [3.63, 3.8) is 0 Å². The van der Waals surface area contributed by atoms with E-state index in [0.717, 1.165) is 9.88 Å². The number of thiazole rings is 1. The average molecular weight is 267 g/mol. The molecule has 0 bridgehead atoms. The molecule has 0 saturated heterocycles. The van der Waals surface area contributed by atoms with Crippen LogP contribution in [0, 0.1) is 18.3 Å². The van der Waals surface area contributed by atoms with Crippen molar-refractivity contribution in [1.29, 1.82) is 5.26 Å². The summed E-state index contributed by atoms with van der Waals surface area (Å²) in [5.74, 6) is 0.0173. The van der Waals surface area contributed by atoms with E-state index >= 15 is 0 Å². The van der Waals surface area contributed by atoms with Crippen LogP contribution in [0.15, 0.2) is 0 Å². The van der Waals surface area contributed by atoms with E-state index in [4.69, 9.17) is 10.4 Å². The maximum atomic E-state index is 11.7. The van der Waals surface area contributed by atoms with E-state index < -0.39 is 0 Å². The van der Waals surface area contributed by atoms with E-state index in [9.17, 15) is 4.79 Å². The first kappa shape index (κ1) is 14.6. The molecule has 0 fully saturated rings. The quantitative estimate of drug-likeness (QED) is 0.841. The highest BCUT2D eigenvalue weighted by molar-refractivity contribution is 7.11. The molecule has 1 aromatic heterocycles. The van der Waals surface area contributed by atoms with Gasteiger partial charge in [-0.25, -0.2) is 4.98 Å². The molecule has 1 N–H and O–H groups in total. The van der Waals surface area contributed by atoms with E-state index in [-0.39, 0.29) is 12.5 Å². The highest BCUT2D eigenvalue weighted by Crippen LogP contribution is 2.18. The number of carbonyl (C=O) groups is 1. The average Bonchev–Trinajstić information content (AvgIpc) is 2.73. The molecule has 1 aromatic rings. The van der Waals surface area contributed by atoms with Crippen molar-refractivity contribution < 1.29 is 9.90 Å². The number of carbonyl (C=O) groups excluding carboxylic acids is 1. The number of nitriles is 1. The Morgan fingerprint density at radius 1 is 1.61 bits per heavy atom. The highest BCUT2D eigenvalue weighted by Gasteiger charge is 2.11. The maximum absolute atomic E-state index is 11.7. The van der Waals surface area contributed by atoms with Crippen molar-refractivity contribution in [3.8, 4) is 6.07 Å². The van der Waals surface area contributed by atoms with Crippen LogP contribution in [0.1, 0.15) is 28.4 Å². The van der Waals surface area contributed by atoms with Crippen LogP contribution in [-0.4, -0.2) is 34.5 Å². The lowest BCUT2D eigenvalue weighted by Crippen LogP contribution is -2.27. The number of hydrogen-bond acceptors (Lipinski definition) is 5. The van der Waals surface area contributed by atoms with Gasteiger partial charge >= 0.3 is 0 Å². The lowest BCUT2D eigenvalue weighted by molar-refractivity contribution is -0.129. The van der Waals surface area contributed by atoms with E-state index in [2.05, 4.69) is 4.98 Å². The van der Waals surface area contributed by atoms with Crippen molar-refractivity contribution >= 4 is 17.2 Å². The Morgan fingerprint density at radius 3 is 2.89 bits per heavy atom. The van der Waals surface area contributed by atoms with Gasteiger partial charge in [-0.2, -0.15) is 5.26 Å². The molecule has 0 aliphatic rings. The molecule has 18 heavy (non-hydrogen) atoms. The Kier molecular flexibility index (Phi) is 5.75. The minimum absolute atomic E-state index is 0.0173. The second-order valence-electron chi connectivity index (χ2n) is 3.99. The lowest BCUT2D eigenvalue weighted by Gasteiger charge is -2.14. The molecule has 1 amide bonds. The summed E-state index contributed by atoms with van der Waals surface area (Å²) in [5, 5.41) is 18.4. The fourth-order valence-electron chi connectivity index (χ4n) is 1.49. The van der Waals surface area contributed by atoms with Gasteiger partial charge in [0.25, 0.3) is 0 Å². The van der Waals surface area contributed by atoms with Gasteiger partial charge in [-0.15, -0.1) is 11.3 Å². The summed E-state index contributed by atoms with van der Waals surface area (Å²) >= 11 is 1.52. The Labute approximate surface area is 111 Å². The highest BCUT2D eigenvalue weighted by atomic mass is 32.1. The summed E-state index contributed by atoms with van der Waals surface area (Å²) in [6, 6.07) is 2.01. The molecule has 0 aliphatic heterocycles. The Balaban J connectivity index is 2.44. The van der Waals surface area contributed by atoms with Crippen LogP contribution in [0.3, 0.4) is 0 Å². The van der Waals surface area contributed by atoms with Crippen molar-refractivity contribution in [1.82, 2.24) is 9.88 Å². The number of aliphatic hydroxyl groups is 1. The van der Waals surface area contributed by atoms with Gasteiger partial charge < -0.3 is 10.0 Å². The van der Waals surface area contributed by atoms with Crippen LogP contribution in [-0.2, 0) is 17.8 Å². The van der Waals surface area contributed by atoms with Gasteiger partial charge in [0, 0.05) is 31.3 Å². The lowest BCUT2D eigenvalue weighted by atomic mass is 10.3. The van der Waals surface area contributed by atoms with Gasteiger partial charge in [-0.3, -0.25) is 4.79 Å². The molecule has 0 atom stereocenters. The largest absolute Gasteiger partial charge is 0.390 e. The summed E-state index contributed by atoms with van der Waals surface area (Å²) in [6.45, 7) is 2.32. The normalized spacial score (nSPS) is 10.1. The van der Waals surface area contributed by atoms with Crippen molar-refractivity contribution in [2.75, 3.05) is 13.6 Å². The number of aromatic nitrogens is 1. The second kappa shape index (κ2) is 7.09. The molecular formula is C12H17N3O2S. The molecule has 0 saturated carbocycles. The molecule has 5 nitrogen and oxygen atoms in total. The zero-order chi connectivity index (χ0) is 13.5. The Bertz CT molecular complexity index is 451. The third-order valence-corrected chi connectivity index (χ3v) is 3.70. The summed E-state index contributed by atoms with van der Waals surface area (Å²) in [7, 11) is 1.70. The number of rotatable bonds is 6. The molecule has 1 heterocycles. The topological polar surface area (TPSA) is 77.2 Å². The summed E-state index contributed by atoms with van der Waals surface area (Å²) in [6.07, 6.45) is 1.33. The van der Waals surface area contributed by atoms with Crippen molar-refractivity contribution in [2.45, 2.75) is 32.8 Å². The molecule has 1 rings (SSSR count). The van der Waals surface area contributed by atoms with Crippen LogP contribution >= 0.6 is 11.3 Å². The standard InChI is InChI=1S/C12H17N3O2S/c1-9-10(8-16)14-11(18-9)4-5-12(17)15(2)7-3-6-13/h16H,3-5,7-8H2,1-2H3. The number of nitrogens with zero attached hydrogens (tertiary/aromatic N) is 3.